The van der Waals surface area contributed by atoms with Crippen LogP contribution < -0.4 is 0 Å². The molecule has 24 heavy (non-hydrogen) atoms. The van der Waals surface area contributed by atoms with Crippen LogP contribution in [-0.4, -0.2) is 47.2 Å². The second-order valence-electron chi connectivity index (χ2n) is 6.22. The fourth-order valence-electron chi connectivity index (χ4n) is 2.34. The van der Waals surface area contributed by atoms with Crippen molar-refractivity contribution in [3.63, 3.8) is 0 Å². The highest BCUT2D eigenvalue weighted by Gasteiger charge is 2.07. The minimum Gasteiger partial charge on any atom is -0.463 e. The molecule has 0 aromatic carbocycles. The van der Waals surface area contributed by atoms with E-state index in [0.29, 0.717) is 13.0 Å². The molecule has 1 atom stereocenters. The van der Waals surface area contributed by atoms with Crippen molar-refractivity contribution in [2.24, 2.45) is 0 Å². The molecule has 0 heterocycles. The Morgan fingerprint density at radius 1 is 0.833 bits per heavy atom. The van der Waals surface area contributed by atoms with Crippen LogP contribution in [0, 0.1) is 0 Å². The number of ether oxygens (including phenoxy) is 1. The second-order valence-corrected chi connectivity index (χ2v) is 6.22. The number of hydrogen-bond acceptors (Lipinski definition) is 5. The average molecular weight is 344 g/mol. The summed E-state index contributed by atoms with van der Waals surface area (Å²) in [4.78, 5) is 11.3. The van der Waals surface area contributed by atoms with Crippen LogP contribution in [0.1, 0.15) is 77.0 Å². The van der Waals surface area contributed by atoms with E-state index < -0.39 is 6.10 Å². The van der Waals surface area contributed by atoms with Gasteiger partial charge in [0.2, 0.25) is 0 Å². The van der Waals surface area contributed by atoms with Gasteiger partial charge in [0.15, 0.2) is 0 Å². The van der Waals surface area contributed by atoms with Crippen LogP contribution in [0.5, 0.6) is 0 Å². The van der Waals surface area contributed by atoms with E-state index in [4.69, 9.17) is 20.1 Å². The predicted molar refractivity (Wildman–Crippen MR) is 95.7 cm³/mol. The molecular formula is C19H36O5. The largest absolute Gasteiger partial charge is 0.463 e. The van der Waals surface area contributed by atoms with Gasteiger partial charge in [0.1, 0.15) is 12.7 Å². The summed E-state index contributed by atoms with van der Waals surface area (Å²) in [5, 5.41) is 26.3. The van der Waals surface area contributed by atoms with Gasteiger partial charge in [-0.25, -0.2) is 0 Å². The highest BCUT2D eigenvalue weighted by molar-refractivity contribution is 5.69. The first-order valence-electron chi connectivity index (χ1n) is 9.41. The molecule has 0 spiro atoms. The van der Waals surface area contributed by atoms with Gasteiger partial charge in [-0.15, -0.1) is 0 Å². The maximum absolute atomic E-state index is 11.3. The molecule has 0 amide bonds. The Labute approximate surface area is 146 Å². The lowest BCUT2D eigenvalue weighted by atomic mass is 10.1. The smallest absolute Gasteiger partial charge is 0.305 e. The number of unbranched alkanes of at least 4 members (excludes halogenated alkanes) is 9. The maximum atomic E-state index is 11.3. The van der Waals surface area contributed by atoms with Crippen LogP contribution >= 0.6 is 0 Å². The predicted octanol–water partition coefficient (Wildman–Crippen LogP) is 3.11. The van der Waals surface area contributed by atoms with Crippen molar-refractivity contribution in [1.29, 1.82) is 0 Å². The zero-order chi connectivity index (χ0) is 17.9. The number of hydrogen-bond donors (Lipinski definition) is 3. The molecule has 0 rings (SSSR count). The summed E-state index contributed by atoms with van der Waals surface area (Å²) in [5.74, 6) is -0.301. The number of aliphatic hydroxyl groups excluding tert-OH is 3. The Kier molecular flexibility index (Phi) is 17.7. The topological polar surface area (TPSA) is 87.0 Å². The summed E-state index contributed by atoms with van der Waals surface area (Å²) in [6.45, 7) is -0.196. The van der Waals surface area contributed by atoms with Crippen LogP contribution in [0.4, 0.5) is 0 Å². The number of allylic oxidation sites excluding steroid dienone is 2. The van der Waals surface area contributed by atoms with Crippen LogP contribution in [0.2, 0.25) is 0 Å². The lowest BCUT2D eigenvalue weighted by Crippen LogP contribution is -2.21. The zero-order valence-corrected chi connectivity index (χ0v) is 15.0. The number of esters is 1. The van der Waals surface area contributed by atoms with Gasteiger partial charge in [-0.2, -0.15) is 0 Å². The number of aliphatic hydroxyl groups is 3. The van der Waals surface area contributed by atoms with Crippen molar-refractivity contribution in [3.8, 4) is 0 Å². The molecule has 0 bridgehead atoms. The molecule has 3 N–H and O–H groups in total. The van der Waals surface area contributed by atoms with E-state index in [2.05, 4.69) is 12.2 Å². The highest BCUT2D eigenvalue weighted by atomic mass is 16.5. The zero-order valence-electron chi connectivity index (χ0n) is 15.0. The first-order chi connectivity index (χ1) is 11.7. The molecule has 0 aromatic rings. The van der Waals surface area contributed by atoms with E-state index in [0.717, 1.165) is 44.9 Å². The van der Waals surface area contributed by atoms with Crippen molar-refractivity contribution in [1.82, 2.24) is 0 Å². The molecule has 0 aromatic heterocycles. The summed E-state index contributed by atoms with van der Waals surface area (Å²) in [7, 11) is 0. The fourth-order valence-corrected chi connectivity index (χ4v) is 2.34. The minimum absolute atomic E-state index is 0.122. The van der Waals surface area contributed by atoms with E-state index in [1.165, 1.54) is 25.7 Å². The summed E-state index contributed by atoms with van der Waals surface area (Å²) < 4.78 is 4.84. The van der Waals surface area contributed by atoms with Crippen molar-refractivity contribution >= 4 is 5.97 Å². The van der Waals surface area contributed by atoms with Crippen molar-refractivity contribution in [2.75, 3.05) is 19.8 Å². The number of rotatable bonds is 17. The van der Waals surface area contributed by atoms with Crippen molar-refractivity contribution in [2.45, 2.75) is 83.2 Å². The SMILES string of the molecule is O=C(CCCCCCC/C=C/CCCCCCO)OC[C@H](O)CO. The van der Waals surface area contributed by atoms with Gasteiger partial charge in [0.05, 0.1) is 6.61 Å². The Balaban J connectivity index is 3.23. The van der Waals surface area contributed by atoms with Gasteiger partial charge < -0.3 is 20.1 Å². The third kappa shape index (κ3) is 17.4. The first kappa shape index (κ1) is 23.1. The molecule has 0 unspecified atom stereocenters. The molecule has 0 aliphatic rings. The summed E-state index contributed by atoms with van der Waals surface area (Å²) in [6.07, 6.45) is 16.0. The molecule has 142 valence electrons. The Hall–Kier alpha value is -0.910. The van der Waals surface area contributed by atoms with Gasteiger partial charge in [-0.05, 0) is 38.5 Å². The molecule has 0 aliphatic heterocycles. The van der Waals surface area contributed by atoms with E-state index in [9.17, 15) is 4.79 Å². The Morgan fingerprint density at radius 3 is 1.96 bits per heavy atom. The third-order valence-electron chi connectivity index (χ3n) is 3.84. The van der Waals surface area contributed by atoms with Gasteiger partial charge in [0, 0.05) is 13.0 Å². The van der Waals surface area contributed by atoms with Crippen LogP contribution in [0.3, 0.4) is 0 Å². The van der Waals surface area contributed by atoms with E-state index in [1.807, 2.05) is 0 Å². The van der Waals surface area contributed by atoms with Crippen LogP contribution in [-0.2, 0) is 9.53 Å². The molecule has 0 radical (unpaired) electrons. The van der Waals surface area contributed by atoms with E-state index >= 15 is 0 Å². The standard InChI is InChI=1S/C19H36O5/c20-15-13-11-9-7-5-3-1-2-4-6-8-10-12-14-19(23)24-17-18(22)16-21/h1,3,18,20-22H,2,4-17H2/b3-1+/t18-/m1/s1. The molecule has 0 aliphatic carbocycles. The van der Waals surface area contributed by atoms with E-state index in [1.54, 1.807) is 0 Å². The third-order valence-corrected chi connectivity index (χ3v) is 3.84. The second kappa shape index (κ2) is 18.4. The van der Waals surface area contributed by atoms with Gasteiger partial charge in [-0.3, -0.25) is 4.79 Å². The molecular weight excluding hydrogens is 308 g/mol. The molecule has 5 nitrogen and oxygen atoms in total. The summed E-state index contributed by atoms with van der Waals surface area (Å²) in [5.41, 5.74) is 0. The Morgan fingerprint density at radius 2 is 1.38 bits per heavy atom. The number of carbonyl (C=O) groups excluding carboxylic acids is 1. The van der Waals surface area contributed by atoms with Crippen LogP contribution in [0.25, 0.3) is 0 Å². The monoisotopic (exact) mass is 344 g/mol. The summed E-state index contributed by atoms with van der Waals surface area (Å²) >= 11 is 0. The first-order valence-corrected chi connectivity index (χ1v) is 9.41. The molecule has 0 saturated heterocycles. The van der Waals surface area contributed by atoms with Crippen molar-refractivity contribution < 1.29 is 24.9 Å². The maximum Gasteiger partial charge on any atom is 0.305 e. The average Bonchev–Trinajstić information content (AvgIpc) is 2.59. The molecule has 0 saturated carbocycles. The number of carbonyl (C=O) groups is 1. The lowest BCUT2D eigenvalue weighted by molar-refractivity contribution is -0.147. The van der Waals surface area contributed by atoms with Gasteiger partial charge in [-0.1, -0.05) is 44.3 Å². The van der Waals surface area contributed by atoms with Crippen LogP contribution in [0.15, 0.2) is 12.2 Å². The normalized spacial score (nSPS) is 12.6. The van der Waals surface area contributed by atoms with Gasteiger partial charge in [0.25, 0.3) is 0 Å². The van der Waals surface area contributed by atoms with Crippen molar-refractivity contribution in [3.05, 3.63) is 12.2 Å². The molecule has 5 heteroatoms. The lowest BCUT2D eigenvalue weighted by Gasteiger charge is -2.08. The molecule has 0 fully saturated rings. The minimum atomic E-state index is -0.970. The van der Waals surface area contributed by atoms with E-state index in [-0.39, 0.29) is 19.2 Å². The highest BCUT2D eigenvalue weighted by Crippen LogP contribution is 2.09. The quantitative estimate of drug-likeness (QED) is 0.214. The summed E-state index contributed by atoms with van der Waals surface area (Å²) in [6, 6.07) is 0. The fraction of sp³-hybridized carbons (Fsp3) is 0.842. The Bertz CT molecular complexity index is 304. The van der Waals surface area contributed by atoms with Gasteiger partial charge >= 0.3 is 5.97 Å².